The van der Waals surface area contributed by atoms with Gasteiger partial charge in [0.25, 0.3) is 11.8 Å². The van der Waals surface area contributed by atoms with Gasteiger partial charge in [-0.05, 0) is 36.4 Å². The van der Waals surface area contributed by atoms with Crippen molar-refractivity contribution in [3.8, 4) is 5.75 Å². The van der Waals surface area contributed by atoms with Crippen LogP contribution in [0.4, 0.5) is 0 Å². The molecule has 1 heterocycles. The Labute approximate surface area is 172 Å². The number of hydrogen-bond acceptors (Lipinski definition) is 5. The van der Waals surface area contributed by atoms with Gasteiger partial charge in [0, 0.05) is 17.7 Å². The number of hydrogen-bond donors (Lipinski definition) is 0. The fourth-order valence-corrected chi connectivity index (χ4v) is 3.26. The Hall–Kier alpha value is -4.06. The number of carbonyl (C=O) groups is 4. The monoisotopic (exact) mass is 399 g/mol. The number of amides is 2. The number of ketones is 1. The van der Waals surface area contributed by atoms with Crippen LogP contribution in [0.5, 0.6) is 5.75 Å². The van der Waals surface area contributed by atoms with E-state index >= 15 is 0 Å². The van der Waals surface area contributed by atoms with Gasteiger partial charge in [-0.3, -0.25) is 24.1 Å². The van der Waals surface area contributed by atoms with Crippen LogP contribution >= 0.6 is 0 Å². The fraction of sp³-hybridized carbons (Fsp3) is 0.0833. The molecule has 1 aliphatic heterocycles. The molecule has 3 aromatic rings. The van der Waals surface area contributed by atoms with Crippen LogP contribution in [0.1, 0.15) is 43.1 Å². The van der Waals surface area contributed by atoms with Crippen molar-refractivity contribution in [2.75, 3.05) is 6.54 Å². The molecule has 0 aromatic heterocycles. The zero-order chi connectivity index (χ0) is 21.1. The maximum Gasteiger partial charge on any atom is 0.312 e. The van der Waals surface area contributed by atoms with Crippen molar-refractivity contribution in [3.05, 3.63) is 101 Å². The average Bonchev–Trinajstić information content (AvgIpc) is 3.03. The maximum atomic E-state index is 12.4. The Morgan fingerprint density at radius 1 is 0.700 bits per heavy atom. The van der Waals surface area contributed by atoms with Crippen molar-refractivity contribution < 1.29 is 23.9 Å². The molecule has 0 bridgehead atoms. The quantitative estimate of drug-likeness (QED) is 0.274. The number of esters is 1. The van der Waals surface area contributed by atoms with Gasteiger partial charge in [0.05, 0.1) is 17.5 Å². The summed E-state index contributed by atoms with van der Waals surface area (Å²) in [5, 5.41) is 0. The second-order valence-corrected chi connectivity index (χ2v) is 6.75. The van der Waals surface area contributed by atoms with E-state index in [1.807, 2.05) is 6.07 Å². The first-order valence-electron chi connectivity index (χ1n) is 9.40. The molecular weight excluding hydrogens is 382 g/mol. The third-order valence-corrected chi connectivity index (χ3v) is 4.80. The predicted molar refractivity (Wildman–Crippen MR) is 108 cm³/mol. The van der Waals surface area contributed by atoms with Gasteiger partial charge in [0.15, 0.2) is 5.78 Å². The van der Waals surface area contributed by atoms with Gasteiger partial charge in [-0.15, -0.1) is 0 Å². The standard InChI is InChI=1S/C24H17NO5/c26-21(14-15-25-23(28)19-8-4-5-9-20(19)24(25)29)30-18-12-10-17(11-13-18)22(27)16-6-2-1-3-7-16/h1-13H,14-15H2. The molecule has 30 heavy (non-hydrogen) atoms. The van der Waals surface area contributed by atoms with E-state index < -0.39 is 17.8 Å². The first-order chi connectivity index (χ1) is 14.5. The van der Waals surface area contributed by atoms with E-state index in [9.17, 15) is 19.2 Å². The molecular formula is C24H17NO5. The topological polar surface area (TPSA) is 80.8 Å². The van der Waals surface area contributed by atoms with Crippen LogP contribution in [0.2, 0.25) is 0 Å². The lowest BCUT2D eigenvalue weighted by Gasteiger charge is -2.13. The Morgan fingerprint density at radius 2 is 1.23 bits per heavy atom. The molecule has 1 aliphatic rings. The number of rotatable bonds is 6. The van der Waals surface area contributed by atoms with Gasteiger partial charge in [-0.25, -0.2) is 0 Å². The van der Waals surface area contributed by atoms with Gasteiger partial charge < -0.3 is 4.74 Å². The molecule has 0 fully saturated rings. The Morgan fingerprint density at radius 3 is 1.83 bits per heavy atom. The van der Waals surface area contributed by atoms with E-state index in [1.54, 1.807) is 60.7 Å². The van der Waals surface area contributed by atoms with Crippen molar-refractivity contribution in [1.29, 1.82) is 0 Å². The van der Waals surface area contributed by atoms with E-state index in [4.69, 9.17) is 4.74 Å². The highest BCUT2D eigenvalue weighted by molar-refractivity contribution is 6.21. The molecule has 6 nitrogen and oxygen atoms in total. The Bertz CT molecular complexity index is 1100. The van der Waals surface area contributed by atoms with Crippen LogP contribution in [0.25, 0.3) is 0 Å². The highest BCUT2D eigenvalue weighted by Crippen LogP contribution is 2.23. The summed E-state index contributed by atoms with van der Waals surface area (Å²) in [7, 11) is 0. The highest BCUT2D eigenvalue weighted by atomic mass is 16.5. The minimum atomic E-state index is -0.575. The number of ether oxygens (including phenoxy) is 1. The lowest BCUT2D eigenvalue weighted by atomic mass is 10.0. The summed E-state index contributed by atoms with van der Waals surface area (Å²) in [6.45, 7) is -0.0598. The molecule has 148 valence electrons. The number of imide groups is 1. The summed E-state index contributed by atoms with van der Waals surface area (Å²) in [5.74, 6) is -1.24. The molecule has 4 rings (SSSR count). The van der Waals surface area contributed by atoms with Crippen LogP contribution < -0.4 is 4.74 Å². The van der Waals surface area contributed by atoms with E-state index in [0.717, 1.165) is 4.90 Å². The highest BCUT2D eigenvalue weighted by Gasteiger charge is 2.35. The average molecular weight is 399 g/mol. The molecule has 3 aromatic carbocycles. The van der Waals surface area contributed by atoms with Gasteiger partial charge in [-0.2, -0.15) is 0 Å². The van der Waals surface area contributed by atoms with E-state index in [-0.39, 0.29) is 24.5 Å². The molecule has 0 unspecified atom stereocenters. The zero-order valence-corrected chi connectivity index (χ0v) is 15.9. The molecule has 0 aliphatic carbocycles. The van der Waals surface area contributed by atoms with Gasteiger partial charge in [0.1, 0.15) is 5.75 Å². The van der Waals surface area contributed by atoms with Crippen LogP contribution in [0.15, 0.2) is 78.9 Å². The van der Waals surface area contributed by atoms with Crippen LogP contribution in [-0.2, 0) is 4.79 Å². The van der Waals surface area contributed by atoms with Gasteiger partial charge >= 0.3 is 5.97 Å². The summed E-state index contributed by atoms with van der Waals surface area (Å²) in [6, 6.07) is 21.7. The second-order valence-electron chi connectivity index (χ2n) is 6.75. The van der Waals surface area contributed by atoms with E-state index in [0.29, 0.717) is 22.3 Å². The minimum absolute atomic E-state index is 0.0598. The van der Waals surface area contributed by atoms with Crippen molar-refractivity contribution in [1.82, 2.24) is 4.90 Å². The van der Waals surface area contributed by atoms with Crippen molar-refractivity contribution in [2.24, 2.45) is 0 Å². The molecule has 0 saturated heterocycles. The third kappa shape index (κ3) is 3.75. The van der Waals surface area contributed by atoms with Crippen molar-refractivity contribution >= 4 is 23.6 Å². The predicted octanol–water partition coefficient (Wildman–Crippen LogP) is 3.51. The van der Waals surface area contributed by atoms with E-state index in [1.165, 1.54) is 12.1 Å². The largest absolute Gasteiger partial charge is 0.426 e. The summed E-state index contributed by atoms with van der Waals surface area (Å²) >= 11 is 0. The van der Waals surface area contributed by atoms with Crippen LogP contribution in [-0.4, -0.2) is 35.0 Å². The molecule has 0 N–H and O–H groups in total. The summed E-state index contributed by atoms with van der Waals surface area (Å²) in [6.07, 6.45) is -0.129. The molecule has 0 spiro atoms. The van der Waals surface area contributed by atoms with E-state index in [2.05, 4.69) is 0 Å². The van der Waals surface area contributed by atoms with Gasteiger partial charge in [0.2, 0.25) is 0 Å². The normalized spacial score (nSPS) is 12.6. The summed E-state index contributed by atoms with van der Waals surface area (Å²) in [4.78, 5) is 50.2. The zero-order valence-electron chi connectivity index (χ0n) is 15.9. The lowest BCUT2D eigenvalue weighted by molar-refractivity contribution is -0.134. The van der Waals surface area contributed by atoms with Crippen LogP contribution in [0, 0.1) is 0 Å². The number of fused-ring (bicyclic) bond motifs is 1. The fourth-order valence-electron chi connectivity index (χ4n) is 3.26. The van der Waals surface area contributed by atoms with Gasteiger partial charge in [-0.1, -0.05) is 42.5 Å². The molecule has 2 amide bonds. The molecule has 0 atom stereocenters. The lowest BCUT2D eigenvalue weighted by Crippen LogP contribution is -2.32. The smallest absolute Gasteiger partial charge is 0.312 e. The summed E-state index contributed by atoms with van der Waals surface area (Å²) < 4.78 is 5.26. The van der Waals surface area contributed by atoms with Crippen molar-refractivity contribution in [3.63, 3.8) is 0 Å². The summed E-state index contributed by atoms with van der Waals surface area (Å²) in [5.41, 5.74) is 1.74. The van der Waals surface area contributed by atoms with Crippen molar-refractivity contribution in [2.45, 2.75) is 6.42 Å². The molecule has 0 radical (unpaired) electrons. The molecule has 6 heteroatoms. The SMILES string of the molecule is O=C(CCN1C(=O)c2ccccc2C1=O)Oc1ccc(C(=O)c2ccccc2)cc1. The Balaban J connectivity index is 1.34. The number of benzene rings is 3. The molecule has 0 saturated carbocycles. The first kappa shape index (κ1) is 19.3. The first-order valence-corrected chi connectivity index (χ1v) is 9.40. The third-order valence-electron chi connectivity index (χ3n) is 4.80. The Kier molecular flexibility index (Phi) is 5.22. The second kappa shape index (κ2) is 8.13. The minimum Gasteiger partial charge on any atom is -0.426 e. The maximum absolute atomic E-state index is 12.4. The number of carbonyl (C=O) groups excluding carboxylic acids is 4. The van der Waals surface area contributed by atoms with Crippen LogP contribution in [0.3, 0.4) is 0 Å². The number of nitrogens with zero attached hydrogens (tertiary/aromatic N) is 1.